The summed E-state index contributed by atoms with van der Waals surface area (Å²) in [5.74, 6) is 1.17. The summed E-state index contributed by atoms with van der Waals surface area (Å²) >= 11 is 0. The van der Waals surface area contributed by atoms with E-state index in [1.165, 1.54) is 0 Å². The summed E-state index contributed by atoms with van der Waals surface area (Å²) in [7, 11) is 3.11. The molecule has 0 aliphatic carbocycles. The molecular formula is C16H18N2O3. The third kappa shape index (κ3) is 4.03. The van der Waals surface area contributed by atoms with Gasteiger partial charge in [0.05, 0.1) is 20.8 Å². The van der Waals surface area contributed by atoms with E-state index in [1.54, 1.807) is 44.8 Å². The summed E-state index contributed by atoms with van der Waals surface area (Å²) in [5.41, 5.74) is 1.68. The van der Waals surface area contributed by atoms with Crippen molar-refractivity contribution in [2.75, 3.05) is 20.8 Å². The zero-order valence-electron chi connectivity index (χ0n) is 12.1. The fourth-order valence-electron chi connectivity index (χ4n) is 1.93. The zero-order valence-corrected chi connectivity index (χ0v) is 12.1. The Morgan fingerprint density at radius 3 is 2.48 bits per heavy atom. The van der Waals surface area contributed by atoms with Gasteiger partial charge in [0.1, 0.15) is 0 Å². The number of carbonyl (C=O) groups is 1. The number of aromatic nitrogens is 1. The molecule has 5 heteroatoms. The molecule has 0 atom stereocenters. The van der Waals surface area contributed by atoms with Crippen LogP contribution in [0.2, 0.25) is 0 Å². The number of Topliss-reactive ketones (excluding diaryl/α,β-unsaturated/α-hetero) is 1. The minimum Gasteiger partial charge on any atom is -0.493 e. The molecule has 0 unspecified atom stereocenters. The van der Waals surface area contributed by atoms with Crippen LogP contribution in [0.3, 0.4) is 0 Å². The highest BCUT2D eigenvalue weighted by Gasteiger charge is 2.10. The number of nitrogens with one attached hydrogen (secondary N) is 1. The van der Waals surface area contributed by atoms with Gasteiger partial charge in [0, 0.05) is 24.5 Å². The average Bonchev–Trinajstić information content (AvgIpc) is 2.55. The number of methoxy groups -OCH3 is 2. The molecule has 2 rings (SSSR count). The predicted octanol–water partition coefficient (Wildman–Crippen LogP) is 2.07. The first-order chi connectivity index (χ1) is 10.2. The number of hydrogen-bond donors (Lipinski definition) is 1. The number of benzene rings is 1. The molecule has 0 amide bonds. The highest BCUT2D eigenvalue weighted by molar-refractivity contribution is 5.98. The van der Waals surface area contributed by atoms with Gasteiger partial charge in [0.2, 0.25) is 0 Å². The third-order valence-electron chi connectivity index (χ3n) is 3.07. The standard InChI is InChI=1S/C16H18N2O3/c1-20-15-4-3-13(9-16(15)21-2)14(19)11-18-10-12-5-7-17-8-6-12/h3-9,18H,10-11H2,1-2H3. The Balaban J connectivity index is 1.94. The van der Waals surface area contributed by atoms with Gasteiger partial charge in [-0.05, 0) is 35.9 Å². The molecule has 0 bridgehead atoms. The maximum atomic E-state index is 12.1. The molecule has 0 fully saturated rings. The number of ether oxygens (including phenoxy) is 2. The molecule has 5 nitrogen and oxygen atoms in total. The normalized spacial score (nSPS) is 10.2. The van der Waals surface area contributed by atoms with Gasteiger partial charge in [-0.1, -0.05) is 0 Å². The number of ketones is 1. The van der Waals surface area contributed by atoms with Crippen LogP contribution in [0.4, 0.5) is 0 Å². The summed E-state index contributed by atoms with van der Waals surface area (Å²) in [6, 6.07) is 8.98. The Morgan fingerprint density at radius 1 is 1.10 bits per heavy atom. The molecule has 0 saturated carbocycles. The minimum absolute atomic E-state index is 0.00464. The minimum atomic E-state index is 0.00464. The van der Waals surface area contributed by atoms with E-state index in [1.807, 2.05) is 12.1 Å². The highest BCUT2D eigenvalue weighted by Crippen LogP contribution is 2.27. The SMILES string of the molecule is COc1ccc(C(=O)CNCc2ccncc2)cc1OC. The molecule has 1 heterocycles. The van der Waals surface area contributed by atoms with Crippen LogP contribution in [0, 0.1) is 0 Å². The quantitative estimate of drug-likeness (QED) is 0.790. The molecule has 1 aromatic carbocycles. The predicted molar refractivity (Wildman–Crippen MR) is 79.8 cm³/mol. The van der Waals surface area contributed by atoms with Gasteiger partial charge < -0.3 is 14.8 Å². The summed E-state index contributed by atoms with van der Waals surface area (Å²) in [6.07, 6.45) is 3.46. The van der Waals surface area contributed by atoms with Gasteiger partial charge >= 0.3 is 0 Å². The number of pyridine rings is 1. The van der Waals surface area contributed by atoms with Crippen molar-refractivity contribution in [3.63, 3.8) is 0 Å². The number of hydrogen-bond acceptors (Lipinski definition) is 5. The second-order valence-corrected chi connectivity index (χ2v) is 4.45. The summed E-state index contributed by atoms with van der Waals surface area (Å²) in [4.78, 5) is 16.1. The van der Waals surface area contributed by atoms with Crippen molar-refractivity contribution < 1.29 is 14.3 Å². The Morgan fingerprint density at radius 2 is 1.81 bits per heavy atom. The van der Waals surface area contributed by atoms with Crippen LogP contribution >= 0.6 is 0 Å². The van der Waals surface area contributed by atoms with Crippen molar-refractivity contribution in [1.82, 2.24) is 10.3 Å². The van der Waals surface area contributed by atoms with Crippen molar-refractivity contribution in [3.05, 3.63) is 53.9 Å². The van der Waals surface area contributed by atoms with Crippen LogP contribution in [0.1, 0.15) is 15.9 Å². The molecular weight excluding hydrogens is 268 g/mol. The molecule has 0 aliphatic rings. The molecule has 0 spiro atoms. The average molecular weight is 286 g/mol. The highest BCUT2D eigenvalue weighted by atomic mass is 16.5. The monoisotopic (exact) mass is 286 g/mol. The van der Waals surface area contributed by atoms with Crippen molar-refractivity contribution in [3.8, 4) is 11.5 Å². The topological polar surface area (TPSA) is 60.5 Å². The molecule has 0 saturated heterocycles. The zero-order chi connectivity index (χ0) is 15.1. The van der Waals surface area contributed by atoms with Crippen LogP contribution < -0.4 is 14.8 Å². The summed E-state index contributed by atoms with van der Waals surface area (Å²) in [6.45, 7) is 0.888. The van der Waals surface area contributed by atoms with E-state index >= 15 is 0 Å². The first-order valence-corrected chi connectivity index (χ1v) is 6.59. The first-order valence-electron chi connectivity index (χ1n) is 6.59. The molecule has 1 aromatic heterocycles. The van der Waals surface area contributed by atoms with E-state index in [9.17, 15) is 4.79 Å². The van der Waals surface area contributed by atoms with E-state index in [4.69, 9.17) is 9.47 Å². The van der Waals surface area contributed by atoms with Gasteiger partial charge in [-0.25, -0.2) is 0 Å². The van der Waals surface area contributed by atoms with E-state index in [2.05, 4.69) is 10.3 Å². The van der Waals surface area contributed by atoms with Crippen LogP contribution in [0.25, 0.3) is 0 Å². The van der Waals surface area contributed by atoms with Gasteiger partial charge in [-0.15, -0.1) is 0 Å². The Bertz CT molecular complexity index is 600. The van der Waals surface area contributed by atoms with Crippen molar-refractivity contribution in [1.29, 1.82) is 0 Å². The molecule has 110 valence electrons. The smallest absolute Gasteiger partial charge is 0.176 e. The van der Waals surface area contributed by atoms with E-state index in [-0.39, 0.29) is 12.3 Å². The Labute approximate surface area is 123 Å². The number of carbonyl (C=O) groups excluding carboxylic acids is 1. The van der Waals surface area contributed by atoms with Crippen molar-refractivity contribution in [2.24, 2.45) is 0 Å². The molecule has 21 heavy (non-hydrogen) atoms. The first kappa shape index (κ1) is 15.0. The van der Waals surface area contributed by atoms with Crippen LogP contribution in [0.15, 0.2) is 42.7 Å². The molecule has 2 aromatic rings. The van der Waals surface area contributed by atoms with Crippen LogP contribution in [-0.4, -0.2) is 31.5 Å². The summed E-state index contributed by atoms with van der Waals surface area (Å²) < 4.78 is 10.3. The summed E-state index contributed by atoms with van der Waals surface area (Å²) in [5, 5.41) is 3.12. The second-order valence-electron chi connectivity index (χ2n) is 4.45. The second kappa shape index (κ2) is 7.40. The largest absolute Gasteiger partial charge is 0.493 e. The van der Waals surface area contributed by atoms with Crippen molar-refractivity contribution in [2.45, 2.75) is 6.54 Å². The van der Waals surface area contributed by atoms with Gasteiger partial charge in [0.25, 0.3) is 0 Å². The number of rotatable bonds is 7. The lowest BCUT2D eigenvalue weighted by molar-refractivity contribution is 0.0990. The third-order valence-corrected chi connectivity index (χ3v) is 3.07. The van der Waals surface area contributed by atoms with Crippen LogP contribution in [-0.2, 0) is 6.54 Å². The number of nitrogens with zero attached hydrogens (tertiary/aromatic N) is 1. The molecule has 0 radical (unpaired) electrons. The lowest BCUT2D eigenvalue weighted by atomic mass is 10.1. The lowest BCUT2D eigenvalue weighted by Gasteiger charge is -2.09. The maximum Gasteiger partial charge on any atom is 0.176 e. The van der Waals surface area contributed by atoms with E-state index in [0.29, 0.717) is 23.6 Å². The van der Waals surface area contributed by atoms with Gasteiger partial charge in [-0.3, -0.25) is 9.78 Å². The van der Waals surface area contributed by atoms with Crippen molar-refractivity contribution >= 4 is 5.78 Å². The maximum absolute atomic E-state index is 12.1. The lowest BCUT2D eigenvalue weighted by Crippen LogP contribution is -2.22. The Hall–Kier alpha value is -2.40. The fraction of sp³-hybridized carbons (Fsp3) is 0.250. The van der Waals surface area contributed by atoms with Crippen LogP contribution in [0.5, 0.6) is 11.5 Å². The van der Waals surface area contributed by atoms with E-state index in [0.717, 1.165) is 5.56 Å². The van der Waals surface area contributed by atoms with Gasteiger partial charge in [-0.2, -0.15) is 0 Å². The Kier molecular flexibility index (Phi) is 5.29. The molecule has 1 N–H and O–H groups in total. The van der Waals surface area contributed by atoms with E-state index < -0.39 is 0 Å². The molecule has 0 aliphatic heterocycles. The van der Waals surface area contributed by atoms with Gasteiger partial charge in [0.15, 0.2) is 17.3 Å². The fourth-order valence-corrected chi connectivity index (χ4v) is 1.93.